The summed E-state index contributed by atoms with van der Waals surface area (Å²) in [7, 11) is 1.51. The highest BCUT2D eigenvalue weighted by molar-refractivity contribution is 5.56. The summed E-state index contributed by atoms with van der Waals surface area (Å²) < 4.78 is 0. The minimum atomic E-state index is -0.556. The van der Waals surface area contributed by atoms with E-state index in [1.54, 1.807) is 6.07 Å². The molecule has 1 rings (SSSR count). The third-order valence-corrected chi connectivity index (χ3v) is 1.42. The summed E-state index contributed by atoms with van der Waals surface area (Å²) in [4.78, 5) is 13.6. The molecule has 0 atom stereocenters. The Morgan fingerprint density at radius 1 is 1.69 bits per heavy atom. The predicted molar refractivity (Wildman–Crippen MR) is 45.2 cm³/mol. The Hall–Kier alpha value is -2.16. The number of rotatable bonds is 2. The molecule has 1 N–H and O–H groups in total. The zero-order chi connectivity index (χ0) is 9.84. The highest BCUT2D eigenvalue weighted by atomic mass is 16.6. The molecule has 1 aromatic rings. The van der Waals surface area contributed by atoms with Crippen LogP contribution < -0.4 is 5.32 Å². The van der Waals surface area contributed by atoms with Crippen molar-refractivity contribution in [2.75, 3.05) is 12.4 Å². The van der Waals surface area contributed by atoms with Gasteiger partial charge in [-0.1, -0.05) is 0 Å². The standard InChI is InChI=1S/C7H6N4O2/c1-9-7-6(11(12)13)3-2-5(4-8)10-7/h2-3H,1H3,(H,9,10). The lowest BCUT2D eigenvalue weighted by atomic mass is 10.3. The van der Waals surface area contributed by atoms with E-state index in [1.165, 1.54) is 19.2 Å². The van der Waals surface area contributed by atoms with Crippen molar-refractivity contribution in [3.05, 3.63) is 27.9 Å². The second kappa shape index (κ2) is 3.49. The molecule has 0 saturated heterocycles. The number of aromatic nitrogens is 1. The maximum Gasteiger partial charge on any atom is 0.311 e. The number of pyridine rings is 1. The second-order valence-corrected chi connectivity index (χ2v) is 2.18. The third kappa shape index (κ3) is 1.70. The lowest BCUT2D eigenvalue weighted by molar-refractivity contribution is -0.384. The molecule has 0 amide bonds. The van der Waals surface area contributed by atoms with Crippen LogP contribution in [-0.2, 0) is 0 Å². The Morgan fingerprint density at radius 2 is 2.38 bits per heavy atom. The third-order valence-electron chi connectivity index (χ3n) is 1.42. The molecule has 6 nitrogen and oxygen atoms in total. The first-order chi connectivity index (χ1) is 6.19. The monoisotopic (exact) mass is 178 g/mol. The van der Waals surface area contributed by atoms with Crippen LogP contribution in [0.1, 0.15) is 5.69 Å². The van der Waals surface area contributed by atoms with Crippen molar-refractivity contribution in [1.29, 1.82) is 5.26 Å². The fourth-order valence-corrected chi connectivity index (χ4v) is 0.845. The number of hydrogen-bond donors (Lipinski definition) is 1. The van der Waals surface area contributed by atoms with E-state index in [0.29, 0.717) is 0 Å². The summed E-state index contributed by atoms with van der Waals surface area (Å²) in [6, 6.07) is 4.35. The van der Waals surface area contributed by atoms with Crippen molar-refractivity contribution in [1.82, 2.24) is 4.98 Å². The first-order valence-corrected chi connectivity index (χ1v) is 3.42. The van der Waals surface area contributed by atoms with Crippen LogP contribution in [0.2, 0.25) is 0 Å². The highest BCUT2D eigenvalue weighted by Gasteiger charge is 2.13. The number of nitro groups is 1. The zero-order valence-corrected chi connectivity index (χ0v) is 6.81. The SMILES string of the molecule is CNc1nc(C#N)ccc1[N+](=O)[O-]. The maximum absolute atomic E-state index is 10.4. The van der Waals surface area contributed by atoms with Crippen LogP contribution in [0.4, 0.5) is 11.5 Å². The summed E-state index contributed by atoms with van der Waals surface area (Å²) in [5.74, 6) is 0.101. The van der Waals surface area contributed by atoms with Crippen LogP contribution in [0.5, 0.6) is 0 Å². The van der Waals surface area contributed by atoms with Gasteiger partial charge in [-0.2, -0.15) is 5.26 Å². The molecule has 0 aromatic carbocycles. The normalized spacial score (nSPS) is 8.92. The van der Waals surface area contributed by atoms with Crippen molar-refractivity contribution in [3.63, 3.8) is 0 Å². The van der Waals surface area contributed by atoms with Crippen LogP contribution in [-0.4, -0.2) is 17.0 Å². The number of nitriles is 1. The molecule has 1 aromatic heterocycles. The Kier molecular flexibility index (Phi) is 2.40. The molecule has 0 bridgehead atoms. The largest absolute Gasteiger partial charge is 0.367 e. The van der Waals surface area contributed by atoms with E-state index in [4.69, 9.17) is 5.26 Å². The van der Waals surface area contributed by atoms with Gasteiger partial charge in [-0.25, -0.2) is 4.98 Å². The number of nitrogens with zero attached hydrogens (tertiary/aromatic N) is 3. The average molecular weight is 178 g/mol. The summed E-state index contributed by atoms with van der Waals surface area (Å²) in [6.07, 6.45) is 0. The van der Waals surface area contributed by atoms with Crippen molar-refractivity contribution < 1.29 is 4.92 Å². The first-order valence-electron chi connectivity index (χ1n) is 3.42. The van der Waals surface area contributed by atoms with E-state index in [0.717, 1.165) is 0 Å². The lowest BCUT2D eigenvalue weighted by Crippen LogP contribution is -2.00. The van der Waals surface area contributed by atoms with Crippen molar-refractivity contribution in [3.8, 4) is 6.07 Å². The minimum absolute atomic E-state index is 0.101. The molecule has 0 aliphatic carbocycles. The second-order valence-electron chi connectivity index (χ2n) is 2.18. The molecule has 0 aliphatic heterocycles. The maximum atomic E-state index is 10.4. The Bertz CT molecular complexity index is 383. The van der Waals surface area contributed by atoms with Gasteiger partial charge in [-0.15, -0.1) is 0 Å². The van der Waals surface area contributed by atoms with Crippen molar-refractivity contribution in [2.24, 2.45) is 0 Å². The van der Waals surface area contributed by atoms with Gasteiger partial charge in [0.25, 0.3) is 0 Å². The summed E-state index contributed by atoms with van der Waals surface area (Å²) in [5.41, 5.74) is 0.0106. The number of nitrogens with one attached hydrogen (secondary N) is 1. The quantitative estimate of drug-likeness (QED) is 0.536. The van der Waals surface area contributed by atoms with E-state index in [-0.39, 0.29) is 17.2 Å². The van der Waals surface area contributed by atoms with Gasteiger partial charge in [-0.05, 0) is 6.07 Å². The number of anilines is 1. The highest BCUT2D eigenvalue weighted by Crippen LogP contribution is 2.20. The summed E-state index contributed by atoms with van der Waals surface area (Å²) in [5, 5.41) is 21.4. The summed E-state index contributed by atoms with van der Waals surface area (Å²) in [6.45, 7) is 0. The van der Waals surface area contributed by atoms with Crippen LogP contribution in [0, 0.1) is 21.4 Å². The van der Waals surface area contributed by atoms with Gasteiger partial charge in [0, 0.05) is 13.1 Å². The molecular formula is C7H6N4O2. The zero-order valence-electron chi connectivity index (χ0n) is 6.81. The fourth-order valence-electron chi connectivity index (χ4n) is 0.845. The van der Waals surface area contributed by atoms with Gasteiger partial charge in [0.05, 0.1) is 4.92 Å². The Balaban J connectivity index is 3.25. The topological polar surface area (TPSA) is 91.8 Å². The molecule has 6 heteroatoms. The van der Waals surface area contributed by atoms with E-state index >= 15 is 0 Å². The molecule has 0 unspecified atom stereocenters. The van der Waals surface area contributed by atoms with Gasteiger partial charge in [0.1, 0.15) is 11.8 Å². The molecule has 13 heavy (non-hydrogen) atoms. The van der Waals surface area contributed by atoms with Crippen LogP contribution in [0.3, 0.4) is 0 Å². The van der Waals surface area contributed by atoms with Crippen molar-refractivity contribution in [2.45, 2.75) is 0 Å². The molecule has 1 heterocycles. The van der Waals surface area contributed by atoms with Gasteiger partial charge >= 0.3 is 5.69 Å². The van der Waals surface area contributed by atoms with Crippen LogP contribution in [0.15, 0.2) is 12.1 Å². The molecule has 0 aliphatic rings. The smallest absolute Gasteiger partial charge is 0.311 e. The number of hydrogen-bond acceptors (Lipinski definition) is 5. The van der Waals surface area contributed by atoms with E-state index in [1.807, 2.05) is 0 Å². The van der Waals surface area contributed by atoms with Gasteiger partial charge < -0.3 is 5.32 Å². The van der Waals surface area contributed by atoms with E-state index in [2.05, 4.69) is 10.3 Å². The molecule has 0 fully saturated rings. The molecule has 66 valence electrons. The van der Waals surface area contributed by atoms with Crippen molar-refractivity contribution >= 4 is 11.5 Å². The minimum Gasteiger partial charge on any atom is -0.367 e. The van der Waals surface area contributed by atoms with Gasteiger partial charge in [0.2, 0.25) is 5.82 Å². The molecular weight excluding hydrogens is 172 g/mol. The van der Waals surface area contributed by atoms with E-state index < -0.39 is 4.92 Å². The van der Waals surface area contributed by atoms with Crippen LogP contribution in [0.25, 0.3) is 0 Å². The Morgan fingerprint density at radius 3 is 2.85 bits per heavy atom. The van der Waals surface area contributed by atoms with E-state index in [9.17, 15) is 10.1 Å². The first kappa shape index (κ1) is 8.93. The predicted octanol–water partition coefficient (Wildman–Crippen LogP) is 0.903. The molecule has 0 saturated carbocycles. The molecule has 0 radical (unpaired) electrons. The summed E-state index contributed by atoms with van der Waals surface area (Å²) >= 11 is 0. The van der Waals surface area contributed by atoms with Gasteiger partial charge in [-0.3, -0.25) is 10.1 Å². The Labute approximate surface area is 74.0 Å². The van der Waals surface area contributed by atoms with Gasteiger partial charge in [0.15, 0.2) is 0 Å². The fraction of sp³-hybridized carbons (Fsp3) is 0.143. The lowest BCUT2D eigenvalue weighted by Gasteiger charge is -1.99. The molecule has 0 spiro atoms. The van der Waals surface area contributed by atoms with Crippen LogP contribution >= 0.6 is 0 Å². The average Bonchev–Trinajstić information content (AvgIpc) is 2.16.